The minimum atomic E-state index is -0.946. The number of carbonyl (C=O) groups is 1. The molecule has 1 aromatic rings. The van der Waals surface area contributed by atoms with Crippen molar-refractivity contribution in [2.24, 2.45) is 11.8 Å². The van der Waals surface area contributed by atoms with Gasteiger partial charge in [-0.15, -0.1) is 0 Å². The molecular weight excluding hydrogens is 238 g/mol. The van der Waals surface area contributed by atoms with Gasteiger partial charge in [0.15, 0.2) is 0 Å². The first-order valence-electron chi connectivity index (χ1n) is 7.08. The van der Waals surface area contributed by atoms with Crippen molar-refractivity contribution in [3.8, 4) is 0 Å². The van der Waals surface area contributed by atoms with Gasteiger partial charge in [0, 0.05) is 0 Å². The fraction of sp³-hybridized carbons (Fsp3) is 0.562. The van der Waals surface area contributed by atoms with E-state index in [1.165, 1.54) is 12.8 Å². The molecule has 1 fully saturated rings. The van der Waals surface area contributed by atoms with Gasteiger partial charge < -0.3 is 5.11 Å². The number of hydrogen-bond acceptors (Lipinski definition) is 2. The number of aliphatic carboxylic acids is 1. The van der Waals surface area contributed by atoms with Crippen LogP contribution in [0.2, 0.25) is 0 Å². The van der Waals surface area contributed by atoms with Crippen LogP contribution in [0.5, 0.6) is 0 Å². The molecule has 0 heterocycles. The van der Waals surface area contributed by atoms with Crippen LogP contribution in [0, 0.1) is 11.8 Å². The molecule has 3 nitrogen and oxygen atoms in total. The molecule has 0 amide bonds. The standard InChI is InChI=1S/C16H23NO2/c1-12(2)10-16(15(18)19,17-11-13-8-9-13)14-6-4-3-5-7-14/h3-7,12-13,17H,8-11H2,1-2H3,(H,18,19). The fourth-order valence-corrected chi connectivity index (χ4v) is 2.55. The van der Waals surface area contributed by atoms with Gasteiger partial charge in [0.05, 0.1) is 0 Å². The molecule has 2 N–H and O–H groups in total. The van der Waals surface area contributed by atoms with Crippen LogP contribution in [0.1, 0.15) is 38.7 Å². The quantitative estimate of drug-likeness (QED) is 0.793. The highest BCUT2D eigenvalue weighted by molar-refractivity contribution is 5.80. The Labute approximate surface area is 115 Å². The van der Waals surface area contributed by atoms with Crippen LogP contribution in [-0.2, 0) is 10.3 Å². The Balaban J connectivity index is 2.29. The molecule has 0 aromatic heterocycles. The second kappa shape index (κ2) is 5.74. The second-order valence-corrected chi connectivity index (χ2v) is 6.00. The molecule has 1 atom stereocenters. The summed E-state index contributed by atoms with van der Waals surface area (Å²) in [4.78, 5) is 11.9. The van der Waals surface area contributed by atoms with Crippen LogP contribution >= 0.6 is 0 Å². The molecule has 1 aromatic carbocycles. The molecule has 19 heavy (non-hydrogen) atoms. The zero-order chi connectivity index (χ0) is 13.9. The molecular formula is C16H23NO2. The molecule has 0 spiro atoms. The number of benzene rings is 1. The summed E-state index contributed by atoms with van der Waals surface area (Å²) in [6.45, 7) is 4.94. The lowest BCUT2D eigenvalue weighted by Crippen LogP contribution is -2.50. The maximum absolute atomic E-state index is 11.9. The Bertz CT molecular complexity index is 426. The molecule has 1 unspecified atom stereocenters. The Morgan fingerprint density at radius 3 is 2.47 bits per heavy atom. The Morgan fingerprint density at radius 2 is 2.00 bits per heavy atom. The van der Waals surface area contributed by atoms with E-state index in [4.69, 9.17) is 0 Å². The van der Waals surface area contributed by atoms with E-state index in [1.54, 1.807) is 0 Å². The van der Waals surface area contributed by atoms with Crippen molar-refractivity contribution in [1.82, 2.24) is 5.32 Å². The third-order valence-corrected chi connectivity index (χ3v) is 3.74. The number of rotatable bonds is 7. The van der Waals surface area contributed by atoms with E-state index < -0.39 is 11.5 Å². The van der Waals surface area contributed by atoms with E-state index in [0.717, 1.165) is 12.1 Å². The zero-order valence-electron chi connectivity index (χ0n) is 11.7. The molecule has 2 rings (SSSR count). The van der Waals surface area contributed by atoms with Gasteiger partial charge in [-0.2, -0.15) is 0 Å². The maximum atomic E-state index is 11.9. The van der Waals surface area contributed by atoms with E-state index in [1.807, 2.05) is 30.3 Å². The van der Waals surface area contributed by atoms with Crippen molar-refractivity contribution >= 4 is 5.97 Å². The molecule has 1 aliphatic rings. The van der Waals surface area contributed by atoms with Gasteiger partial charge in [-0.25, -0.2) is 4.79 Å². The number of carboxylic acids is 1. The summed E-state index contributed by atoms with van der Waals surface area (Å²) in [5.41, 5.74) is -0.0882. The molecule has 1 saturated carbocycles. The van der Waals surface area contributed by atoms with Crippen LogP contribution in [0.4, 0.5) is 0 Å². The average Bonchev–Trinajstić information content (AvgIpc) is 3.19. The first-order valence-corrected chi connectivity index (χ1v) is 7.08. The molecule has 0 radical (unpaired) electrons. The lowest BCUT2D eigenvalue weighted by Gasteiger charge is -2.33. The van der Waals surface area contributed by atoms with Crippen LogP contribution in [0.15, 0.2) is 30.3 Å². The first kappa shape index (κ1) is 14.1. The second-order valence-electron chi connectivity index (χ2n) is 6.00. The smallest absolute Gasteiger partial charge is 0.328 e. The summed E-state index contributed by atoms with van der Waals surface area (Å²) in [7, 11) is 0. The van der Waals surface area contributed by atoms with Crippen molar-refractivity contribution in [2.75, 3.05) is 6.54 Å². The van der Waals surface area contributed by atoms with Gasteiger partial charge in [0.2, 0.25) is 0 Å². The minimum absolute atomic E-state index is 0.322. The Kier molecular flexibility index (Phi) is 4.25. The Hall–Kier alpha value is -1.35. The summed E-state index contributed by atoms with van der Waals surface area (Å²) in [5, 5.41) is 13.1. The topological polar surface area (TPSA) is 49.3 Å². The summed E-state index contributed by atoms with van der Waals surface area (Å²) in [5.74, 6) is 0.214. The lowest BCUT2D eigenvalue weighted by molar-refractivity contribution is -0.146. The summed E-state index contributed by atoms with van der Waals surface area (Å²) >= 11 is 0. The van der Waals surface area contributed by atoms with Gasteiger partial charge in [-0.05, 0) is 43.2 Å². The third-order valence-electron chi connectivity index (χ3n) is 3.74. The molecule has 0 saturated heterocycles. The summed E-state index contributed by atoms with van der Waals surface area (Å²) in [6.07, 6.45) is 3.05. The first-order chi connectivity index (χ1) is 9.04. The van der Waals surface area contributed by atoms with Crippen molar-refractivity contribution in [3.05, 3.63) is 35.9 Å². The number of carboxylic acid groups (broad SMARTS) is 1. The largest absolute Gasteiger partial charge is 0.480 e. The maximum Gasteiger partial charge on any atom is 0.328 e. The predicted octanol–water partition coefficient (Wildman–Crippen LogP) is 3.01. The van der Waals surface area contributed by atoms with Gasteiger partial charge in [0.25, 0.3) is 0 Å². The van der Waals surface area contributed by atoms with E-state index in [9.17, 15) is 9.90 Å². The molecule has 3 heteroatoms. The van der Waals surface area contributed by atoms with Crippen molar-refractivity contribution in [2.45, 2.75) is 38.6 Å². The monoisotopic (exact) mass is 261 g/mol. The lowest BCUT2D eigenvalue weighted by atomic mass is 9.82. The van der Waals surface area contributed by atoms with Gasteiger partial charge in [0.1, 0.15) is 5.54 Å². The molecule has 0 bridgehead atoms. The number of hydrogen-bond donors (Lipinski definition) is 2. The van der Waals surface area contributed by atoms with Crippen LogP contribution in [-0.4, -0.2) is 17.6 Å². The van der Waals surface area contributed by atoms with Gasteiger partial charge in [-0.1, -0.05) is 44.2 Å². The van der Waals surface area contributed by atoms with E-state index in [2.05, 4.69) is 19.2 Å². The number of nitrogens with one attached hydrogen (secondary N) is 1. The average molecular weight is 261 g/mol. The highest BCUT2D eigenvalue weighted by Crippen LogP contribution is 2.33. The highest BCUT2D eigenvalue weighted by Gasteiger charge is 2.41. The van der Waals surface area contributed by atoms with Gasteiger partial charge >= 0.3 is 5.97 Å². The molecule has 104 valence electrons. The van der Waals surface area contributed by atoms with E-state index >= 15 is 0 Å². The summed E-state index contributed by atoms with van der Waals surface area (Å²) in [6, 6.07) is 9.57. The minimum Gasteiger partial charge on any atom is -0.480 e. The molecule has 0 aliphatic heterocycles. The third kappa shape index (κ3) is 3.35. The molecule has 1 aliphatic carbocycles. The van der Waals surface area contributed by atoms with Crippen LogP contribution in [0.3, 0.4) is 0 Å². The SMILES string of the molecule is CC(C)CC(NCC1CC1)(C(=O)O)c1ccccc1. The van der Waals surface area contributed by atoms with E-state index in [-0.39, 0.29) is 0 Å². The van der Waals surface area contributed by atoms with Crippen LogP contribution in [0.25, 0.3) is 0 Å². The van der Waals surface area contributed by atoms with Crippen molar-refractivity contribution in [3.63, 3.8) is 0 Å². The Morgan fingerprint density at radius 1 is 1.37 bits per heavy atom. The predicted molar refractivity (Wildman–Crippen MR) is 75.9 cm³/mol. The van der Waals surface area contributed by atoms with E-state index in [0.29, 0.717) is 18.3 Å². The fourth-order valence-electron chi connectivity index (χ4n) is 2.55. The van der Waals surface area contributed by atoms with Gasteiger partial charge in [-0.3, -0.25) is 5.32 Å². The van der Waals surface area contributed by atoms with Crippen molar-refractivity contribution < 1.29 is 9.90 Å². The highest BCUT2D eigenvalue weighted by atomic mass is 16.4. The normalized spacial score (nSPS) is 18.3. The van der Waals surface area contributed by atoms with Crippen LogP contribution < -0.4 is 5.32 Å². The van der Waals surface area contributed by atoms with Crippen molar-refractivity contribution in [1.29, 1.82) is 0 Å². The zero-order valence-corrected chi connectivity index (χ0v) is 11.7. The summed E-state index contributed by atoms with van der Waals surface area (Å²) < 4.78 is 0.